The average Bonchev–Trinajstić information content (AvgIpc) is 2.99. The monoisotopic (exact) mass is 202 g/mol. The van der Waals surface area contributed by atoms with Gasteiger partial charge in [0.15, 0.2) is 0 Å². The molecule has 3 heteroatoms. The second-order valence-corrected chi connectivity index (χ2v) is 4.17. The lowest BCUT2D eigenvalue weighted by Crippen LogP contribution is -2.29. The molecule has 1 saturated carbocycles. The molecule has 3 N–H and O–H groups in total. The number of hydrogen-bond donors (Lipinski definition) is 2. The Kier molecular flexibility index (Phi) is 2.01. The van der Waals surface area contributed by atoms with Crippen LogP contribution in [0.15, 0.2) is 34.7 Å². The van der Waals surface area contributed by atoms with Crippen molar-refractivity contribution in [2.45, 2.75) is 18.9 Å². The van der Waals surface area contributed by atoms with Crippen molar-refractivity contribution >= 4 is 11.0 Å². The van der Waals surface area contributed by atoms with Crippen LogP contribution in [0, 0.1) is 5.92 Å². The highest BCUT2D eigenvalue weighted by Crippen LogP contribution is 2.41. The molecule has 0 amide bonds. The second kappa shape index (κ2) is 3.36. The van der Waals surface area contributed by atoms with E-state index in [9.17, 15) is 0 Å². The van der Waals surface area contributed by atoms with Crippen molar-refractivity contribution in [1.82, 2.24) is 5.43 Å². The maximum Gasteiger partial charge on any atom is 0.134 e. The van der Waals surface area contributed by atoms with E-state index < -0.39 is 0 Å². The molecule has 0 saturated heterocycles. The molecule has 1 aromatic heterocycles. The zero-order valence-electron chi connectivity index (χ0n) is 8.44. The van der Waals surface area contributed by atoms with Crippen LogP contribution in [0.25, 0.3) is 11.0 Å². The van der Waals surface area contributed by atoms with Gasteiger partial charge in [-0.1, -0.05) is 18.2 Å². The molecule has 1 fully saturated rings. The van der Waals surface area contributed by atoms with Crippen molar-refractivity contribution in [2.24, 2.45) is 11.8 Å². The van der Waals surface area contributed by atoms with E-state index >= 15 is 0 Å². The van der Waals surface area contributed by atoms with Crippen LogP contribution in [0.5, 0.6) is 0 Å². The first kappa shape index (κ1) is 8.95. The number of nitrogens with one attached hydrogen (secondary N) is 1. The molecule has 15 heavy (non-hydrogen) atoms. The average molecular weight is 202 g/mol. The Morgan fingerprint density at radius 1 is 1.33 bits per heavy atom. The minimum atomic E-state index is 0.178. The van der Waals surface area contributed by atoms with E-state index in [4.69, 9.17) is 10.3 Å². The number of para-hydroxylation sites is 1. The molecule has 1 aliphatic carbocycles. The molecule has 2 aromatic rings. The molecular weight excluding hydrogens is 188 g/mol. The van der Waals surface area contributed by atoms with Gasteiger partial charge >= 0.3 is 0 Å². The van der Waals surface area contributed by atoms with Gasteiger partial charge in [0.25, 0.3) is 0 Å². The molecule has 1 heterocycles. The summed E-state index contributed by atoms with van der Waals surface area (Å²) >= 11 is 0. The van der Waals surface area contributed by atoms with E-state index in [-0.39, 0.29) is 6.04 Å². The van der Waals surface area contributed by atoms with E-state index in [1.165, 1.54) is 12.8 Å². The van der Waals surface area contributed by atoms with E-state index in [1.54, 1.807) is 0 Å². The summed E-state index contributed by atoms with van der Waals surface area (Å²) in [6.07, 6.45) is 2.48. The number of hydrogen-bond acceptors (Lipinski definition) is 3. The van der Waals surface area contributed by atoms with Gasteiger partial charge in [0.2, 0.25) is 0 Å². The summed E-state index contributed by atoms with van der Waals surface area (Å²) in [5.41, 5.74) is 3.79. The third-order valence-corrected chi connectivity index (χ3v) is 3.02. The van der Waals surface area contributed by atoms with Crippen LogP contribution in [0.2, 0.25) is 0 Å². The largest absolute Gasteiger partial charge is 0.459 e. The Morgan fingerprint density at radius 2 is 2.13 bits per heavy atom. The summed E-state index contributed by atoms with van der Waals surface area (Å²) in [7, 11) is 0. The van der Waals surface area contributed by atoms with Gasteiger partial charge in [-0.3, -0.25) is 5.84 Å². The van der Waals surface area contributed by atoms with Crippen LogP contribution in [0.1, 0.15) is 24.6 Å². The highest BCUT2D eigenvalue weighted by atomic mass is 16.3. The van der Waals surface area contributed by atoms with E-state index in [0.29, 0.717) is 5.92 Å². The molecule has 0 aliphatic heterocycles. The number of hydrazine groups is 1. The van der Waals surface area contributed by atoms with Gasteiger partial charge in [-0.15, -0.1) is 0 Å². The normalized spacial score (nSPS) is 18.2. The molecule has 0 bridgehead atoms. The predicted molar refractivity (Wildman–Crippen MR) is 59.0 cm³/mol. The summed E-state index contributed by atoms with van der Waals surface area (Å²) in [6, 6.07) is 10.3. The molecule has 1 unspecified atom stereocenters. The molecular formula is C12H14N2O. The van der Waals surface area contributed by atoms with Crippen molar-refractivity contribution in [1.29, 1.82) is 0 Å². The van der Waals surface area contributed by atoms with Gasteiger partial charge in [0, 0.05) is 5.39 Å². The first-order valence-electron chi connectivity index (χ1n) is 5.33. The molecule has 3 rings (SSSR count). The number of benzene rings is 1. The molecule has 0 spiro atoms. The lowest BCUT2D eigenvalue weighted by molar-refractivity contribution is 0.403. The topological polar surface area (TPSA) is 51.2 Å². The molecule has 3 nitrogen and oxygen atoms in total. The quantitative estimate of drug-likeness (QED) is 0.593. The zero-order chi connectivity index (χ0) is 10.3. The Balaban J connectivity index is 2.02. The van der Waals surface area contributed by atoms with Crippen LogP contribution in [0.4, 0.5) is 0 Å². The molecule has 1 aliphatic rings. The van der Waals surface area contributed by atoms with E-state index in [1.807, 2.05) is 18.2 Å². The first-order chi connectivity index (χ1) is 7.38. The van der Waals surface area contributed by atoms with E-state index in [2.05, 4.69) is 17.6 Å². The number of furan rings is 1. The lowest BCUT2D eigenvalue weighted by atomic mass is 10.1. The number of nitrogens with two attached hydrogens (primary N) is 1. The maximum atomic E-state index is 5.78. The predicted octanol–water partition coefficient (Wildman–Crippen LogP) is 2.35. The van der Waals surface area contributed by atoms with Crippen LogP contribution < -0.4 is 11.3 Å². The third kappa shape index (κ3) is 1.54. The maximum absolute atomic E-state index is 5.78. The van der Waals surface area contributed by atoms with Crippen LogP contribution in [-0.4, -0.2) is 0 Å². The van der Waals surface area contributed by atoms with Gasteiger partial charge in [-0.2, -0.15) is 0 Å². The Hall–Kier alpha value is -1.32. The van der Waals surface area contributed by atoms with Crippen molar-refractivity contribution in [3.8, 4) is 0 Å². The van der Waals surface area contributed by atoms with Crippen LogP contribution >= 0.6 is 0 Å². The van der Waals surface area contributed by atoms with Crippen LogP contribution in [0.3, 0.4) is 0 Å². The standard InChI is InChI=1S/C12H14N2O/c13-14-12(8-5-6-8)11-7-9-3-1-2-4-10(9)15-11/h1-4,7-8,12,14H,5-6,13H2. The SMILES string of the molecule is NNC(c1cc2ccccc2o1)C1CC1. The summed E-state index contributed by atoms with van der Waals surface area (Å²) in [5.74, 6) is 7.17. The van der Waals surface area contributed by atoms with Crippen molar-refractivity contribution in [2.75, 3.05) is 0 Å². The van der Waals surface area contributed by atoms with Crippen molar-refractivity contribution in [3.63, 3.8) is 0 Å². The summed E-state index contributed by atoms with van der Waals surface area (Å²) < 4.78 is 5.78. The van der Waals surface area contributed by atoms with Crippen molar-refractivity contribution in [3.05, 3.63) is 36.1 Å². The second-order valence-electron chi connectivity index (χ2n) is 4.17. The fourth-order valence-electron chi connectivity index (χ4n) is 2.04. The summed E-state index contributed by atoms with van der Waals surface area (Å²) in [6.45, 7) is 0. The van der Waals surface area contributed by atoms with Gasteiger partial charge < -0.3 is 4.42 Å². The summed E-state index contributed by atoms with van der Waals surface area (Å²) in [4.78, 5) is 0. The lowest BCUT2D eigenvalue weighted by Gasteiger charge is -2.10. The zero-order valence-corrected chi connectivity index (χ0v) is 8.44. The fraction of sp³-hybridized carbons (Fsp3) is 0.333. The van der Waals surface area contributed by atoms with Gasteiger partial charge in [-0.25, -0.2) is 5.43 Å². The first-order valence-corrected chi connectivity index (χ1v) is 5.33. The van der Waals surface area contributed by atoms with Gasteiger partial charge in [0.1, 0.15) is 11.3 Å². The highest BCUT2D eigenvalue weighted by molar-refractivity contribution is 5.77. The third-order valence-electron chi connectivity index (χ3n) is 3.02. The Bertz CT molecular complexity index is 440. The van der Waals surface area contributed by atoms with E-state index in [0.717, 1.165) is 16.7 Å². The fourth-order valence-corrected chi connectivity index (χ4v) is 2.04. The van der Waals surface area contributed by atoms with Gasteiger partial charge in [0.05, 0.1) is 6.04 Å². The highest BCUT2D eigenvalue weighted by Gasteiger charge is 2.33. The van der Waals surface area contributed by atoms with Gasteiger partial charge in [-0.05, 0) is 30.9 Å². The number of fused-ring (bicyclic) bond motifs is 1. The Morgan fingerprint density at radius 3 is 2.80 bits per heavy atom. The van der Waals surface area contributed by atoms with Crippen molar-refractivity contribution < 1.29 is 4.42 Å². The van der Waals surface area contributed by atoms with Crippen LogP contribution in [-0.2, 0) is 0 Å². The minimum absolute atomic E-state index is 0.178. The minimum Gasteiger partial charge on any atom is -0.459 e. The smallest absolute Gasteiger partial charge is 0.134 e. The molecule has 1 atom stereocenters. The molecule has 78 valence electrons. The summed E-state index contributed by atoms with van der Waals surface area (Å²) in [5, 5.41) is 1.15. The number of rotatable bonds is 3. The Labute approximate surface area is 88.2 Å². The molecule has 1 aromatic carbocycles. The molecule has 0 radical (unpaired) electrons.